The van der Waals surface area contributed by atoms with Crippen LogP contribution in [0.5, 0.6) is 11.5 Å². The number of amides is 1. The number of methoxy groups -OCH3 is 3. The molecule has 1 saturated carbocycles. The zero-order valence-electron chi connectivity index (χ0n) is 18.1. The molecule has 1 aliphatic carbocycles. The lowest BCUT2D eigenvalue weighted by molar-refractivity contribution is -0.204. The first-order valence-corrected chi connectivity index (χ1v) is 10.9. The molecule has 4 bridgehead atoms. The van der Waals surface area contributed by atoms with Gasteiger partial charge in [0.1, 0.15) is 5.41 Å². The molecule has 7 heteroatoms. The summed E-state index contributed by atoms with van der Waals surface area (Å²) in [7, 11) is 4.63. The van der Waals surface area contributed by atoms with Crippen LogP contribution in [0.1, 0.15) is 38.2 Å². The Hall–Kier alpha value is -2.28. The first kappa shape index (κ1) is 19.7. The molecule has 1 unspecified atom stereocenters. The second-order valence-corrected chi connectivity index (χ2v) is 9.24. The Labute approximate surface area is 177 Å². The van der Waals surface area contributed by atoms with E-state index in [0.29, 0.717) is 41.9 Å². The molecule has 0 aromatic heterocycles. The molecule has 4 heterocycles. The molecule has 6 atom stereocenters. The molecule has 1 aromatic carbocycles. The normalized spacial score (nSPS) is 38.2. The number of ether oxygens (including phenoxy) is 3. The van der Waals surface area contributed by atoms with Gasteiger partial charge in [-0.3, -0.25) is 14.5 Å². The Morgan fingerprint density at radius 1 is 1.23 bits per heavy atom. The number of anilines is 1. The number of esters is 1. The lowest BCUT2D eigenvalue weighted by atomic mass is 9.44. The molecular weight excluding hydrogens is 384 g/mol. The van der Waals surface area contributed by atoms with Crippen molar-refractivity contribution in [3.8, 4) is 11.5 Å². The molecule has 1 N–H and O–H groups in total. The van der Waals surface area contributed by atoms with Crippen molar-refractivity contribution in [1.29, 1.82) is 0 Å². The minimum Gasteiger partial charge on any atom is -0.493 e. The van der Waals surface area contributed by atoms with Crippen LogP contribution in [0.3, 0.4) is 0 Å². The summed E-state index contributed by atoms with van der Waals surface area (Å²) in [5.41, 5.74) is -0.291. The van der Waals surface area contributed by atoms with Crippen molar-refractivity contribution in [1.82, 2.24) is 4.90 Å². The van der Waals surface area contributed by atoms with Gasteiger partial charge in [0, 0.05) is 24.3 Å². The van der Waals surface area contributed by atoms with Crippen molar-refractivity contribution in [2.24, 2.45) is 17.3 Å². The Balaban J connectivity index is 1.78. The van der Waals surface area contributed by atoms with E-state index in [4.69, 9.17) is 14.2 Å². The highest BCUT2D eigenvalue weighted by molar-refractivity contribution is 6.10. The van der Waals surface area contributed by atoms with Gasteiger partial charge in [0.05, 0.1) is 26.7 Å². The van der Waals surface area contributed by atoms with E-state index in [9.17, 15) is 9.59 Å². The number of carbonyl (C=O) groups is 2. The predicted molar refractivity (Wildman–Crippen MR) is 111 cm³/mol. The van der Waals surface area contributed by atoms with Gasteiger partial charge in [-0.2, -0.15) is 0 Å². The van der Waals surface area contributed by atoms with E-state index in [0.717, 1.165) is 31.5 Å². The first-order chi connectivity index (χ1) is 14.5. The molecule has 6 rings (SSSR count). The average molecular weight is 415 g/mol. The number of nitrogens with zero attached hydrogens (tertiary/aromatic N) is 1. The Morgan fingerprint density at radius 2 is 1.97 bits per heavy atom. The first-order valence-electron chi connectivity index (χ1n) is 10.9. The van der Waals surface area contributed by atoms with Gasteiger partial charge >= 0.3 is 5.97 Å². The highest BCUT2D eigenvalue weighted by Crippen LogP contribution is 2.66. The molecule has 1 amide bonds. The van der Waals surface area contributed by atoms with Crippen LogP contribution >= 0.6 is 0 Å². The lowest BCUT2D eigenvalue weighted by Crippen LogP contribution is -2.76. The van der Waals surface area contributed by atoms with Gasteiger partial charge in [0.25, 0.3) is 0 Å². The Morgan fingerprint density at radius 3 is 2.63 bits per heavy atom. The summed E-state index contributed by atoms with van der Waals surface area (Å²) in [6.45, 7) is 4.00. The number of fused-ring (bicyclic) bond motifs is 3. The summed E-state index contributed by atoms with van der Waals surface area (Å²) >= 11 is 0. The van der Waals surface area contributed by atoms with Crippen molar-refractivity contribution < 1.29 is 23.8 Å². The number of hydrogen-bond donors (Lipinski definition) is 1. The van der Waals surface area contributed by atoms with Gasteiger partial charge in [-0.25, -0.2) is 0 Å². The Kier molecular flexibility index (Phi) is 4.33. The molecule has 5 aliphatic rings. The van der Waals surface area contributed by atoms with Crippen molar-refractivity contribution in [3.05, 3.63) is 17.7 Å². The fourth-order valence-electron chi connectivity index (χ4n) is 7.33. The van der Waals surface area contributed by atoms with Crippen LogP contribution in [-0.2, 0) is 19.7 Å². The molecule has 3 saturated heterocycles. The smallest absolute Gasteiger partial charge is 0.314 e. The molecule has 1 aromatic rings. The van der Waals surface area contributed by atoms with Gasteiger partial charge in [-0.15, -0.1) is 0 Å². The molecule has 1 spiro atoms. The minimum absolute atomic E-state index is 0.0125. The largest absolute Gasteiger partial charge is 0.493 e. The highest BCUT2D eigenvalue weighted by Gasteiger charge is 2.75. The molecule has 30 heavy (non-hydrogen) atoms. The lowest BCUT2D eigenvalue weighted by Gasteiger charge is -2.66. The van der Waals surface area contributed by atoms with Crippen LogP contribution in [0, 0.1) is 17.3 Å². The van der Waals surface area contributed by atoms with Crippen molar-refractivity contribution in [3.63, 3.8) is 0 Å². The topological polar surface area (TPSA) is 77.1 Å². The SMILES string of the molecule is CC[C@H]1C[C@H]2CN3CC[C@@]4(C(=O)Nc5cc(OC)c(OC)cc54)[C@](C(=O)OC)(C2)[C@H]13. The van der Waals surface area contributed by atoms with E-state index in [2.05, 4.69) is 17.1 Å². The summed E-state index contributed by atoms with van der Waals surface area (Å²) in [6.07, 6.45) is 3.40. The maximum absolute atomic E-state index is 13.8. The van der Waals surface area contributed by atoms with Crippen LogP contribution in [0.2, 0.25) is 0 Å². The molecule has 0 radical (unpaired) electrons. The number of hydrogen-bond acceptors (Lipinski definition) is 6. The zero-order chi connectivity index (χ0) is 21.3. The number of carbonyl (C=O) groups excluding carboxylic acids is 2. The second kappa shape index (κ2) is 6.61. The minimum atomic E-state index is -0.956. The van der Waals surface area contributed by atoms with Gasteiger partial charge in [0.2, 0.25) is 5.91 Å². The third-order valence-electron chi connectivity index (χ3n) is 8.31. The van der Waals surface area contributed by atoms with E-state index in [-0.39, 0.29) is 17.9 Å². The fourth-order valence-corrected chi connectivity index (χ4v) is 7.33. The van der Waals surface area contributed by atoms with E-state index in [1.807, 2.05) is 12.1 Å². The van der Waals surface area contributed by atoms with Gasteiger partial charge < -0.3 is 19.5 Å². The van der Waals surface area contributed by atoms with Crippen LogP contribution in [-0.4, -0.2) is 57.2 Å². The summed E-state index contributed by atoms with van der Waals surface area (Å²) in [6, 6.07) is 3.73. The summed E-state index contributed by atoms with van der Waals surface area (Å²) < 4.78 is 16.5. The fraction of sp³-hybridized carbons (Fsp3) is 0.652. The average Bonchev–Trinajstić information content (AvgIpc) is 3.05. The predicted octanol–water partition coefficient (Wildman–Crippen LogP) is 2.58. The second-order valence-electron chi connectivity index (χ2n) is 9.24. The third kappa shape index (κ3) is 2.14. The van der Waals surface area contributed by atoms with Crippen LogP contribution in [0.4, 0.5) is 5.69 Å². The molecule has 7 nitrogen and oxygen atoms in total. The number of nitrogens with one attached hydrogen (secondary N) is 1. The van der Waals surface area contributed by atoms with Gasteiger partial charge in [-0.1, -0.05) is 13.3 Å². The molecule has 4 aliphatic heterocycles. The van der Waals surface area contributed by atoms with Crippen molar-refractivity contribution in [2.45, 2.75) is 44.1 Å². The quantitative estimate of drug-likeness (QED) is 0.763. The Bertz CT molecular complexity index is 909. The van der Waals surface area contributed by atoms with Crippen LogP contribution in [0.15, 0.2) is 12.1 Å². The van der Waals surface area contributed by atoms with Gasteiger partial charge in [-0.05, 0) is 49.3 Å². The zero-order valence-corrected chi connectivity index (χ0v) is 18.1. The number of rotatable bonds is 4. The number of piperidine rings is 3. The highest BCUT2D eigenvalue weighted by atomic mass is 16.5. The van der Waals surface area contributed by atoms with Gasteiger partial charge in [0.15, 0.2) is 11.5 Å². The van der Waals surface area contributed by atoms with Crippen LogP contribution in [0.25, 0.3) is 0 Å². The standard InChI is InChI=1S/C23H30N2O5/c1-5-14-8-13-11-23(21(27)30-4)19(14)25(12-13)7-6-22(23)15-9-17(28-2)18(29-3)10-16(15)24-20(22)26/h9-10,13-14,19H,5-8,11-12H2,1-4H3,(H,24,26)/t13-,14+,19+,22-,23-/m1/s1. The van der Waals surface area contributed by atoms with E-state index >= 15 is 0 Å². The maximum atomic E-state index is 13.8. The van der Waals surface area contributed by atoms with E-state index in [1.165, 1.54) is 7.11 Å². The van der Waals surface area contributed by atoms with E-state index < -0.39 is 10.8 Å². The molecule has 162 valence electrons. The van der Waals surface area contributed by atoms with Crippen LogP contribution < -0.4 is 14.8 Å². The number of benzene rings is 1. The van der Waals surface area contributed by atoms with Crippen molar-refractivity contribution >= 4 is 17.6 Å². The maximum Gasteiger partial charge on any atom is 0.314 e. The molecule has 4 fully saturated rings. The summed E-state index contributed by atoms with van der Waals surface area (Å²) in [5, 5.41) is 3.08. The monoisotopic (exact) mass is 414 g/mol. The summed E-state index contributed by atoms with van der Waals surface area (Å²) in [4.78, 5) is 29.9. The molecular formula is C23H30N2O5. The van der Waals surface area contributed by atoms with E-state index in [1.54, 1.807) is 14.2 Å². The third-order valence-corrected chi connectivity index (χ3v) is 8.31. The summed E-state index contributed by atoms with van der Waals surface area (Å²) in [5.74, 6) is 1.56. The van der Waals surface area contributed by atoms with Crippen molar-refractivity contribution in [2.75, 3.05) is 39.7 Å².